The maximum absolute atomic E-state index is 12.7. The molecule has 1 amide bonds. The third-order valence-electron chi connectivity index (χ3n) is 6.74. The van der Waals surface area contributed by atoms with Crippen molar-refractivity contribution in [2.24, 2.45) is 11.3 Å². The molecule has 0 bridgehead atoms. The topological polar surface area (TPSA) is 54.1 Å². The average Bonchev–Trinajstić information content (AvgIpc) is 3.06. The summed E-state index contributed by atoms with van der Waals surface area (Å²) in [5.41, 5.74) is 2.00. The predicted molar refractivity (Wildman–Crippen MR) is 112 cm³/mol. The van der Waals surface area contributed by atoms with Gasteiger partial charge in [0.15, 0.2) is 0 Å². The van der Waals surface area contributed by atoms with Crippen LogP contribution in [0.15, 0.2) is 48.7 Å². The molecule has 1 heterocycles. The third-order valence-corrected chi connectivity index (χ3v) is 6.74. The van der Waals surface area contributed by atoms with E-state index in [1.807, 2.05) is 12.1 Å². The minimum Gasteiger partial charge on any atom is -0.489 e. The number of amides is 1. The molecule has 5 rings (SSSR count). The zero-order valence-corrected chi connectivity index (χ0v) is 16.9. The molecule has 0 saturated heterocycles. The van der Waals surface area contributed by atoms with Crippen molar-refractivity contribution in [3.8, 4) is 5.75 Å². The highest BCUT2D eigenvalue weighted by atomic mass is 19.4. The first-order valence-corrected chi connectivity index (χ1v) is 10.5. The number of nitrogens with one attached hydrogen (secondary N) is 2. The van der Waals surface area contributed by atoms with E-state index in [0.717, 1.165) is 41.6 Å². The van der Waals surface area contributed by atoms with Gasteiger partial charge in [-0.3, -0.25) is 4.79 Å². The third kappa shape index (κ3) is 3.89. The minimum absolute atomic E-state index is 0.0644. The Kier molecular flexibility index (Phi) is 4.72. The van der Waals surface area contributed by atoms with Crippen LogP contribution in [-0.2, 0) is 17.6 Å². The number of aromatic nitrogens is 1. The first-order valence-electron chi connectivity index (χ1n) is 10.5. The Hall–Kier alpha value is -2.96. The molecule has 2 aliphatic rings. The number of ether oxygens (including phenoxy) is 1. The highest BCUT2D eigenvalue weighted by Crippen LogP contribution is 2.58. The van der Waals surface area contributed by atoms with Crippen molar-refractivity contribution in [3.05, 3.63) is 59.8 Å². The number of hydrogen-bond donors (Lipinski definition) is 2. The van der Waals surface area contributed by atoms with Crippen LogP contribution >= 0.6 is 0 Å². The molecule has 31 heavy (non-hydrogen) atoms. The second kappa shape index (κ2) is 7.32. The summed E-state index contributed by atoms with van der Waals surface area (Å²) in [6, 6.07) is 10.4. The Labute approximate surface area is 177 Å². The summed E-state index contributed by atoms with van der Waals surface area (Å²) >= 11 is 0. The van der Waals surface area contributed by atoms with Gasteiger partial charge in [0, 0.05) is 23.0 Å². The molecule has 3 aromatic rings. The molecule has 7 heteroatoms. The molecule has 2 saturated carbocycles. The summed E-state index contributed by atoms with van der Waals surface area (Å²) in [7, 11) is 0. The molecule has 162 valence electrons. The lowest BCUT2D eigenvalue weighted by Gasteiger charge is -2.53. The maximum Gasteiger partial charge on any atom is 0.416 e. The Bertz CT molecular complexity index is 1110. The van der Waals surface area contributed by atoms with Crippen LogP contribution < -0.4 is 10.1 Å². The van der Waals surface area contributed by atoms with Gasteiger partial charge in [-0.05, 0) is 67.0 Å². The summed E-state index contributed by atoms with van der Waals surface area (Å²) in [6.07, 6.45) is 3.20. The van der Waals surface area contributed by atoms with Gasteiger partial charge in [0.1, 0.15) is 12.4 Å². The molecule has 1 spiro atoms. The normalized spacial score (nSPS) is 17.9. The molecular weight excluding hydrogens is 405 g/mol. The van der Waals surface area contributed by atoms with Crippen molar-refractivity contribution in [1.82, 2.24) is 4.98 Å². The first-order chi connectivity index (χ1) is 14.8. The Morgan fingerprint density at radius 1 is 1.13 bits per heavy atom. The van der Waals surface area contributed by atoms with Crippen LogP contribution in [0.5, 0.6) is 5.75 Å². The Morgan fingerprint density at radius 2 is 1.87 bits per heavy atom. The van der Waals surface area contributed by atoms with Gasteiger partial charge >= 0.3 is 6.18 Å². The molecule has 1 aromatic heterocycles. The van der Waals surface area contributed by atoms with Gasteiger partial charge in [0.2, 0.25) is 5.91 Å². The molecule has 2 fully saturated rings. The molecule has 2 aliphatic carbocycles. The second-order valence-corrected chi connectivity index (χ2v) is 8.84. The smallest absolute Gasteiger partial charge is 0.416 e. The highest BCUT2D eigenvalue weighted by Gasteiger charge is 2.50. The van der Waals surface area contributed by atoms with Crippen molar-refractivity contribution in [2.75, 3.05) is 5.32 Å². The maximum atomic E-state index is 12.7. The number of alkyl halides is 3. The molecule has 4 nitrogen and oxygen atoms in total. The lowest BCUT2D eigenvalue weighted by Crippen LogP contribution is -2.47. The zero-order chi connectivity index (χ0) is 21.6. The van der Waals surface area contributed by atoms with E-state index in [4.69, 9.17) is 4.74 Å². The lowest BCUT2D eigenvalue weighted by atomic mass is 9.51. The number of hydrogen-bond acceptors (Lipinski definition) is 2. The van der Waals surface area contributed by atoms with Gasteiger partial charge in [-0.1, -0.05) is 18.6 Å². The lowest BCUT2D eigenvalue weighted by molar-refractivity contribution is -0.137. The van der Waals surface area contributed by atoms with Crippen molar-refractivity contribution in [1.29, 1.82) is 0 Å². The largest absolute Gasteiger partial charge is 0.489 e. The number of benzene rings is 2. The molecule has 2 aromatic carbocycles. The van der Waals surface area contributed by atoms with Gasteiger partial charge in [-0.2, -0.15) is 13.2 Å². The van der Waals surface area contributed by atoms with Crippen LogP contribution in [0.3, 0.4) is 0 Å². The molecule has 0 radical (unpaired) electrons. The highest BCUT2D eigenvalue weighted by molar-refractivity contribution is 6.03. The summed E-state index contributed by atoms with van der Waals surface area (Å²) in [4.78, 5) is 15.8. The van der Waals surface area contributed by atoms with E-state index in [9.17, 15) is 18.0 Å². The summed E-state index contributed by atoms with van der Waals surface area (Å²) in [6.45, 7) is 0.153. The zero-order valence-electron chi connectivity index (χ0n) is 16.9. The fourth-order valence-corrected chi connectivity index (χ4v) is 4.74. The van der Waals surface area contributed by atoms with Gasteiger partial charge in [-0.15, -0.1) is 0 Å². The van der Waals surface area contributed by atoms with Crippen molar-refractivity contribution < 1.29 is 22.7 Å². The SMILES string of the molecule is O=C(Nc1c[nH]c2ccc(OCc3ccc(C(F)(F)F)cc3)cc12)C1CC2(CCC2)C1. The average molecular weight is 428 g/mol. The Balaban J connectivity index is 1.24. The number of rotatable bonds is 5. The number of carbonyl (C=O) groups is 1. The fourth-order valence-electron chi connectivity index (χ4n) is 4.74. The number of halogens is 3. The van der Waals surface area contributed by atoms with E-state index < -0.39 is 11.7 Å². The molecule has 0 unspecified atom stereocenters. The van der Waals surface area contributed by atoms with Gasteiger partial charge < -0.3 is 15.0 Å². The van der Waals surface area contributed by atoms with Crippen LogP contribution in [0.2, 0.25) is 0 Å². The van der Waals surface area contributed by atoms with E-state index in [0.29, 0.717) is 16.7 Å². The van der Waals surface area contributed by atoms with Crippen LogP contribution in [0.4, 0.5) is 18.9 Å². The predicted octanol–water partition coefficient (Wildman–Crippen LogP) is 6.28. The minimum atomic E-state index is -4.35. The standard InChI is InChI=1S/C24H23F3N2O2/c25-24(26,27)17-4-2-15(3-5-17)14-31-18-6-7-20-19(10-18)21(13-28-20)29-22(30)16-11-23(12-16)8-1-9-23/h2-7,10,13,16,28H,1,8-9,11-12,14H2,(H,29,30). The Morgan fingerprint density at radius 3 is 2.52 bits per heavy atom. The number of aromatic amines is 1. The summed E-state index contributed by atoms with van der Waals surface area (Å²) < 4.78 is 43.8. The number of H-pyrrole nitrogens is 1. The number of anilines is 1. The van der Waals surface area contributed by atoms with Gasteiger partial charge in [-0.25, -0.2) is 0 Å². The summed E-state index contributed by atoms with van der Waals surface area (Å²) in [5.74, 6) is 0.735. The molecule has 0 aliphatic heterocycles. The van der Waals surface area contributed by atoms with Crippen LogP contribution in [0.1, 0.15) is 43.2 Å². The van der Waals surface area contributed by atoms with E-state index in [2.05, 4.69) is 10.3 Å². The van der Waals surface area contributed by atoms with E-state index >= 15 is 0 Å². The number of fused-ring (bicyclic) bond motifs is 1. The molecule has 0 atom stereocenters. The monoisotopic (exact) mass is 428 g/mol. The van der Waals surface area contributed by atoms with Gasteiger partial charge in [0.05, 0.1) is 11.3 Å². The van der Waals surface area contributed by atoms with Gasteiger partial charge in [0.25, 0.3) is 0 Å². The van der Waals surface area contributed by atoms with Crippen molar-refractivity contribution >= 4 is 22.5 Å². The first kappa shape index (κ1) is 20.0. The molecular formula is C24H23F3N2O2. The van der Waals surface area contributed by atoms with Crippen molar-refractivity contribution in [3.63, 3.8) is 0 Å². The summed E-state index contributed by atoms with van der Waals surface area (Å²) in [5, 5.41) is 3.89. The van der Waals surface area contributed by atoms with Crippen LogP contribution in [-0.4, -0.2) is 10.9 Å². The van der Waals surface area contributed by atoms with Crippen LogP contribution in [0.25, 0.3) is 10.9 Å². The molecule has 2 N–H and O–H groups in total. The quantitative estimate of drug-likeness (QED) is 0.502. The van der Waals surface area contributed by atoms with E-state index in [1.165, 1.54) is 31.4 Å². The fraction of sp³-hybridized carbons (Fsp3) is 0.375. The number of carbonyl (C=O) groups excluding carboxylic acids is 1. The second-order valence-electron chi connectivity index (χ2n) is 8.84. The van der Waals surface area contributed by atoms with E-state index in [-0.39, 0.29) is 18.4 Å². The van der Waals surface area contributed by atoms with Crippen LogP contribution in [0, 0.1) is 11.3 Å². The van der Waals surface area contributed by atoms with Crippen molar-refractivity contribution in [2.45, 2.75) is 44.9 Å². The van der Waals surface area contributed by atoms with E-state index in [1.54, 1.807) is 12.3 Å².